The summed E-state index contributed by atoms with van der Waals surface area (Å²) in [6.07, 6.45) is 3.19. The zero-order valence-electron chi connectivity index (χ0n) is 6.73. The van der Waals surface area contributed by atoms with Gasteiger partial charge >= 0.3 is 0 Å². The van der Waals surface area contributed by atoms with Crippen LogP contribution in [-0.4, -0.2) is 29.3 Å². The van der Waals surface area contributed by atoms with Gasteiger partial charge in [0.2, 0.25) is 0 Å². The van der Waals surface area contributed by atoms with Crippen LogP contribution in [0.15, 0.2) is 5.29 Å². The molecule has 0 aromatic rings. The van der Waals surface area contributed by atoms with Crippen molar-refractivity contribution in [3.8, 4) is 0 Å². The minimum Gasteiger partial charge on any atom is -0.393 e. The molecule has 4 heteroatoms. The van der Waals surface area contributed by atoms with Crippen molar-refractivity contribution in [2.24, 2.45) is 5.29 Å². The quantitative estimate of drug-likeness (QED) is 0.480. The maximum absolute atomic E-state index is 10.1. The van der Waals surface area contributed by atoms with Gasteiger partial charge in [-0.25, -0.2) is 0 Å². The van der Waals surface area contributed by atoms with E-state index >= 15 is 0 Å². The summed E-state index contributed by atoms with van der Waals surface area (Å²) in [5.41, 5.74) is 0. The number of nitroso groups, excluding NO2 is 1. The van der Waals surface area contributed by atoms with E-state index in [1.165, 1.54) is 5.01 Å². The molecule has 0 heterocycles. The van der Waals surface area contributed by atoms with Crippen LogP contribution in [0.2, 0.25) is 0 Å². The molecule has 1 rings (SSSR count). The number of aliphatic hydroxyl groups excluding tert-OH is 1. The van der Waals surface area contributed by atoms with Crippen molar-refractivity contribution in [1.29, 1.82) is 0 Å². The summed E-state index contributed by atoms with van der Waals surface area (Å²) >= 11 is 0. The zero-order chi connectivity index (χ0) is 8.27. The fourth-order valence-corrected chi connectivity index (χ4v) is 1.50. The molecule has 0 aromatic carbocycles. The van der Waals surface area contributed by atoms with Crippen molar-refractivity contribution in [1.82, 2.24) is 5.01 Å². The summed E-state index contributed by atoms with van der Waals surface area (Å²) in [6.45, 7) is 0. The summed E-state index contributed by atoms with van der Waals surface area (Å²) in [4.78, 5) is 10.1. The lowest BCUT2D eigenvalue weighted by Gasteiger charge is -2.28. The molecule has 64 valence electrons. The van der Waals surface area contributed by atoms with Crippen LogP contribution in [0.1, 0.15) is 25.7 Å². The largest absolute Gasteiger partial charge is 0.393 e. The lowest BCUT2D eigenvalue weighted by atomic mass is 9.93. The highest BCUT2D eigenvalue weighted by Crippen LogP contribution is 2.21. The second kappa shape index (κ2) is 3.67. The van der Waals surface area contributed by atoms with Crippen molar-refractivity contribution in [3.63, 3.8) is 0 Å². The molecule has 0 bridgehead atoms. The number of aliphatic hydroxyl groups is 1. The SMILES string of the molecule is CN(N=O)C1CCC(O)CC1. The lowest BCUT2D eigenvalue weighted by Crippen LogP contribution is -2.32. The highest BCUT2D eigenvalue weighted by molar-refractivity contribution is 4.75. The van der Waals surface area contributed by atoms with E-state index in [0.717, 1.165) is 25.7 Å². The van der Waals surface area contributed by atoms with Crippen LogP contribution < -0.4 is 0 Å². The third-order valence-corrected chi connectivity index (χ3v) is 2.32. The van der Waals surface area contributed by atoms with Crippen LogP contribution in [0.5, 0.6) is 0 Å². The summed E-state index contributed by atoms with van der Waals surface area (Å²) in [6, 6.07) is 0.246. The van der Waals surface area contributed by atoms with Gasteiger partial charge in [0.15, 0.2) is 0 Å². The Morgan fingerprint density at radius 3 is 2.36 bits per heavy atom. The molecule has 0 atom stereocenters. The smallest absolute Gasteiger partial charge is 0.0541 e. The Kier molecular flexibility index (Phi) is 2.82. The Morgan fingerprint density at radius 2 is 1.91 bits per heavy atom. The van der Waals surface area contributed by atoms with Gasteiger partial charge < -0.3 is 5.11 Å². The van der Waals surface area contributed by atoms with E-state index in [0.29, 0.717) is 0 Å². The standard InChI is InChI=1S/C7H14N2O2/c1-9(8-11)6-2-4-7(10)5-3-6/h6-7,10H,2-5H2,1H3. The van der Waals surface area contributed by atoms with Crippen molar-refractivity contribution >= 4 is 0 Å². The van der Waals surface area contributed by atoms with Crippen molar-refractivity contribution in [2.45, 2.75) is 37.8 Å². The van der Waals surface area contributed by atoms with Crippen LogP contribution in [0.25, 0.3) is 0 Å². The molecular weight excluding hydrogens is 144 g/mol. The third kappa shape index (κ3) is 2.15. The molecule has 11 heavy (non-hydrogen) atoms. The maximum Gasteiger partial charge on any atom is 0.0541 e. The van der Waals surface area contributed by atoms with E-state index in [2.05, 4.69) is 5.29 Å². The van der Waals surface area contributed by atoms with E-state index in [-0.39, 0.29) is 12.1 Å². The first-order valence-electron chi connectivity index (χ1n) is 3.98. The monoisotopic (exact) mass is 158 g/mol. The Hall–Kier alpha value is -0.640. The number of rotatable bonds is 2. The number of hydrogen-bond donors (Lipinski definition) is 1. The van der Waals surface area contributed by atoms with Gasteiger partial charge in [0.05, 0.1) is 17.4 Å². The van der Waals surface area contributed by atoms with E-state index in [1.807, 2.05) is 0 Å². The zero-order valence-corrected chi connectivity index (χ0v) is 6.73. The summed E-state index contributed by atoms with van der Waals surface area (Å²) < 4.78 is 0. The molecule has 0 radical (unpaired) electrons. The summed E-state index contributed by atoms with van der Waals surface area (Å²) in [5.74, 6) is 0. The maximum atomic E-state index is 10.1. The molecule has 0 saturated heterocycles. The molecule has 1 N–H and O–H groups in total. The van der Waals surface area contributed by atoms with E-state index < -0.39 is 0 Å². The molecule has 0 amide bonds. The van der Waals surface area contributed by atoms with Gasteiger partial charge in [0.25, 0.3) is 0 Å². The van der Waals surface area contributed by atoms with Crippen LogP contribution >= 0.6 is 0 Å². The molecular formula is C7H14N2O2. The predicted octanol–water partition coefficient (Wildman–Crippen LogP) is 0.903. The number of hydrogen-bond acceptors (Lipinski definition) is 3. The van der Waals surface area contributed by atoms with Gasteiger partial charge in [-0.2, -0.15) is 0 Å². The molecule has 0 aromatic heterocycles. The third-order valence-electron chi connectivity index (χ3n) is 2.32. The molecule has 0 spiro atoms. The molecule has 1 saturated carbocycles. The fraction of sp³-hybridized carbons (Fsp3) is 1.00. The van der Waals surface area contributed by atoms with Crippen LogP contribution in [0.4, 0.5) is 0 Å². The molecule has 1 aliphatic rings. The van der Waals surface area contributed by atoms with Crippen LogP contribution in [-0.2, 0) is 0 Å². The summed E-state index contributed by atoms with van der Waals surface area (Å²) in [5, 5.41) is 13.4. The minimum atomic E-state index is -0.161. The highest BCUT2D eigenvalue weighted by Gasteiger charge is 2.22. The molecule has 0 aliphatic heterocycles. The average molecular weight is 158 g/mol. The van der Waals surface area contributed by atoms with Crippen molar-refractivity contribution in [3.05, 3.63) is 4.91 Å². The molecule has 0 unspecified atom stereocenters. The van der Waals surface area contributed by atoms with Gasteiger partial charge in [0, 0.05) is 7.05 Å². The second-order valence-electron chi connectivity index (χ2n) is 3.12. The van der Waals surface area contributed by atoms with Gasteiger partial charge in [-0.15, -0.1) is 4.91 Å². The first kappa shape index (κ1) is 8.46. The normalized spacial score (nSPS) is 31.5. The van der Waals surface area contributed by atoms with E-state index in [9.17, 15) is 4.91 Å². The highest BCUT2D eigenvalue weighted by atomic mass is 16.3. The van der Waals surface area contributed by atoms with Gasteiger partial charge in [-0.1, -0.05) is 0 Å². The van der Waals surface area contributed by atoms with E-state index in [4.69, 9.17) is 5.11 Å². The summed E-state index contributed by atoms with van der Waals surface area (Å²) in [7, 11) is 1.69. The first-order chi connectivity index (χ1) is 5.24. The van der Waals surface area contributed by atoms with Crippen molar-refractivity contribution in [2.75, 3.05) is 7.05 Å². The average Bonchev–Trinajstić information content (AvgIpc) is 2.05. The Morgan fingerprint density at radius 1 is 1.36 bits per heavy atom. The van der Waals surface area contributed by atoms with Crippen LogP contribution in [0, 0.1) is 4.91 Å². The lowest BCUT2D eigenvalue weighted by molar-refractivity contribution is 0.0848. The second-order valence-corrected chi connectivity index (χ2v) is 3.12. The first-order valence-corrected chi connectivity index (χ1v) is 3.98. The Labute approximate surface area is 66.1 Å². The predicted molar refractivity (Wildman–Crippen MR) is 41.8 cm³/mol. The van der Waals surface area contributed by atoms with Gasteiger partial charge in [-0.05, 0) is 25.7 Å². The Balaban J connectivity index is 2.32. The molecule has 1 fully saturated rings. The Bertz CT molecular complexity index is 132. The van der Waals surface area contributed by atoms with Crippen molar-refractivity contribution < 1.29 is 5.11 Å². The molecule has 4 nitrogen and oxygen atoms in total. The minimum absolute atomic E-state index is 0.161. The molecule has 1 aliphatic carbocycles. The van der Waals surface area contributed by atoms with Crippen LogP contribution in [0.3, 0.4) is 0 Å². The van der Waals surface area contributed by atoms with Gasteiger partial charge in [0.1, 0.15) is 0 Å². The van der Waals surface area contributed by atoms with E-state index in [1.54, 1.807) is 7.05 Å². The topological polar surface area (TPSA) is 52.9 Å². The fourth-order valence-electron chi connectivity index (χ4n) is 1.50. The van der Waals surface area contributed by atoms with Gasteiger partial charge in [-0.3, -0.25) is 5.01 Å². The number of nitrogens with zero attached hydrogens (tertiary/aromatic N) is 2.